The third-order valence-corrected chi connectivity index (χ3v) is 3.87. The van der Waals surface area contributed by atoms with Crippen molar-refractivity contribution in [2.24, 2.45) is 0 Å². The first-order chi connectivity index (χ1) is 8.69. The fourth-order valence-electron chi connectivity index (χ4n) is 1.65. The van der Waals surface area contributed by atoms with Gasteiger partial charge in [0, 0.05) is 39.6 Å². The summed E-state index contributed by atoms with van der Waals surface area (Å²) < 4.78 is 5.36. The zero-order chi connectivity index (χ0) is 13.0. The molecule has 7 heteroatoms. The average molecular weight is 269 g/mol. The Hall–Kier alpha value is -1.08. The van der Waals surface area contributed by atoms with Crippen LogP contribution in [0.25, 0.3) is 0 Å². The number of aromatic nitrogens is 3. The van der Waals surface area contributed by atoms with Gasteiger partial charge >= 0.3 is 0 Å². The minimum atomic E-state index is 0.542. The minimum Gasteiger partial charge on any atom is -0.381 e. The fraction of sp³-hybridized carbons (Fsp3) is 0.727. The topological polar surface area (TPSA) is 63.2 Å². The molecule has 1 aliphatic rings. The van der Waals surface area contributed by atoms with E-state index in [0.717, 1.165) is 31.2 Å². The first-order valence-electron chi connectivity index (χ1n) is 6.04. The molecule has 1 saturated heterocycles. The Morgan fingerprint density at radius 3 is 2.56 bits per heavy atom. The van der Waals surface area contributed by atoms with Gasteiger partial charge in [-0.3, -0.25) is 0 Å². The van der Waals surface area contributed by atoms with Crippen molar-refractivity contribution in [3.63, 3.8) is 0 Å². The molecule has 1 aromatic rings. The highest BCUT2D eigenvalue weighted by Gasteiger charge is 2.18. The van der Waals surface area contributed by atoms with E-state index in [9.17, 15) is 0 Å². The summed E-state index contributed by atoms with van der Waals surface area (Å²) in [6.45, 7) is 1.67. The Kier molecular flexibility index (Phi) is 4.60. The number of thioether (sulfide) groups is 1. The Bertz CT molecular complexity index is 395. The van der Waals surface area contributed by atoms with Gasteiger partial charge in [-0.1, -0.05) is 11.8 Å². The van der Waals surface area contributed by atoms with Crippen LogP contribution in [-0.4, -0.2) is 54.6 Å². The normalized spacial score (nSPS) is 16.6. The van der Waals surface area contributed by atoms with Gasteiger partial charge in [-0.05, 0) is 12.8 Å². The zero-order valence-electron chi connectivity index (χ0n) is 11.0. The summed E-state index contributed by atoms with van der Waals surface area (Å²) in [5.41, 5.74) is 0. The quantitative estimate of drug-likeness (QED) is 0.882. The van der Waals surface area contributed by atoms with Gasteiger partial charge in [0.2, 0.25) is 11.9 Å². The van der Waals surface area contributed by atoms with Crippen molar-refractivity contribution < 1.29 is 4.74 Å². The SMILES string of the molecule is CNc1nc(SC2CCOCC2)nc(N(C)C)n1. The number of anilines is 2. The summed E-state index contributed by atoms with van der Waals surface area (Å²) in [5.74, 6) is 1.30. The van der Waals surface area contributed by atoms with E-state index in [-0.39, 0.29) is 0 Å². The molecule has 2 rings (SSSR count). The van der Waals surface area contributed by atoms with E-state index in [1.807, 2.05) is 26.0 Å². The maximum atomic E-state index is 5.36. The minimum absolute atomic E-state index is 0.542. The predicted octanol–water partition coefficient (Wildman–Crippen LogP) is 1.25. The summed E-state index contributed by atoms with van der Waals surface area (Å²) in [6.07, 6.45) is 2.12. The molecule has 100 valence electrons. The van der Waals surface area contributed by atoms with Crippen LogP contribution in [0.3, 0.4) is 0 Å². The van der Waals surface area contributed by atoms with Gasteiger partial charge in [0.25, 0.3) is 0 Å². The Balaban J connectivity index is 2.12. The molecule has 0 unspecified atom stereocenters. The van der Waals surface area contributed by atoms with Gasteiger partial charge in [0.05, 0.1) is 0 Å². The molecule has 0 aromatic carbocycles. The Labute approximate surface area is 112 Å². The van der Waals surface area contributed by atoms with Crippen molar-refractivity contribution in [2.45, 2.75) is 23.2 Å². The predicted molar refractivity (Wildman–Crippen MR) is 73.4 cm³/mol. The molecule has 0 aliphatic carbocycles. The maximum absolute atomic E-state index is 5.36. The molecule has 0 spiro atoms. The van der Waals surface area contributed by atoms with Crippen LogP contribution >= 0.6 is 11.8 Å². The number of hydrogen-bond donors (Lipinski definition) is 1. The summed E-state index contributed by atoms with van der Waals surface area (Å²) >= 11 is 1.72. The molecule has 1 fully saturated rings. The van der Waals surface area contributed by atoms with Crippen LogP contribution in [-0.2, 0) is 4.74 Å². The molecule has 0 bridgehead atoms. The van der Waals surface area contributed by atoms with Gasteiger partial charge in [-0.2, -0.15) is 15.0 Å². The van der Waals surface area contributed by atoms with Crippen molar-refractivity contribution in [3.8, 4) is 0 Å². The summed E-state index contributed by atoms with van der Waals surface area (Å²) in [7, 11) is 5.67. The number of rotatable bonds is 4. The van der Waals surface area contributed by atoms with E-state index in [2.05, 4.69) is 20.3 Å². The zero-order valence-corrected chi connectivity index (χ0v) is 11.8. The summed E-state index contributed by atoms with van der Waals surface area (Å²) in [4.78, 5) is 15.0. The van der Waals surface area contributed by atoms with Gasteiger partial charge in [-0.25, -0.2) is 0 Å². The standard InChI is InChI=1S/C11H19N5OS/c1-12-9-13-10(16(2)3)15-11(14-9)18-8-4-6-17-7-5-8/h8H,4-7H2,1-3H3,(H,12,13,14,15). The molecule has 0 amide bonds. The van der Waals surface area contributed by atoms with Crippen LogP contribution < -0.4 is 10.2 Å². The van der Waals surface area contributed by atoms with E-state index >= 15 is 0 Å². The van der Waals surface area contributed by atoms with Gasteiger partial charge in [0.15, 0.2) is 5.16 Å². The third-order valence-electron chi connectivity index (χ3n) is 2.67. The smallest absolute Gasteiger partial charge is 0.230 e. The molecule has 0 saturated carbocycles. The number of nitrogens with zero attached hydrogens (tertiary/aromatic N) is 4. The van der Waals surface area contributed by atoms with Crippen molar-refractivity contribution in [1.82, 2.24) is 15.0 Å². The molecule has 1 N–H and O–H groups in total. The fourth-order valence-corrected chi connectivity index (χ4v) is 2.65. The molecular weight excluding hydrogens is 250 g/mol. The number of nitrogens with one attached hydrogen (secondary N) is 1. The highest BCUT2D eigenvalue weighted by atomic mass is 32.2. The molecule has 1 aromatic heterocycles. The lowest BCUT2D eigenvalue weighted by atomic mass is 10.2. The van der Waals surface area contributed by atoms with E-state index in [4.69, 9.17) is 4.74 Å². The van der Waals surface area contributed by atoms with Crippen LogP contribution in [0.1, 0.15) is 12.8 Å². The molecular formula is C11H19N5OS. The van der Waals surface area contributed by atoms with Crippen LogP contribution in [0.15, 0.2) is 5.16 Å². The van der Waals surface area contributed by atoms with E-state index in [1.165, 1.54) is 0 Å². The number of hydrogen-bond acceptors (Lipinski definition) is 7. The van der Waals surface area contributed by atoms with Crippen LogP contribution in [0.4, 0.5) is 11.9 Å². The van der Waals surface area contributed by atoms with E-state index in [1.54, 1.807) is 11.8 Å². The molecule has 18 heavy (non-hydrogen) atoms. The summed E-state index contributed by atoms with van der Waals surface area (Å²) in [5, 5.41) is 4.30. The van der Waals surface area contributed by atoms with Crippen molar-refractivity contribution >= 4 is 23.7 Å². The molecule has 1 aliphatic heterocycles. The molecule has 2 heterocycles. The average Bonchev–Trinajstić information content (AvgIpc) is 2.39. The second-order valence-corrected chi connectivity index (χ2v) is 5.58. The van der Waals surface area contributed by atoms with Crippen molar-refractivity contribution in [2.75, 3.05) is 44.6 Å². The first-order valence-corrected chi connectivity index (χ1v) is 6.92. The molecule has 0 radical (unpaired) electrons. The highest BCUT2D eigenvalue weighted by Crippen LogP contribution is 2.28. The largest absolute Gasteiger partial charge is 0.381 e. The van der Waals surface area contributed by atoms with Crippen molar-refractivity contribution in [3.05, 3.63) is 0 Å². The second-order valence-electron chi connectivity index (χ2n) is 4.32. The Morgan fingerprint density at radius 1 is 1.22 bits per heavy atom. The van der Waals surface area contributed by atoms with Gasteiger partial charge in [0.1, 0.15) is 0 Å². The highest BCUT2D eigenvalue weighted by molar-refractivity contribution is 7.99. The molecule has 6 nitrogen and oxygen atoms in total. The van der Waals surface area contributed by atoms with Crippen LogP contribution in [0.5, 0.6) is 0 Å². The number of ether oxygens (including phenoxy) is 1. The van der Waals surface area contributed by atoms with E-state index in [0.29, 0.717) is 17.1 Å². The van der Waals surface area contributed by atoms with Crippen LogP contribution in [0, 0.1) is 0 Å². The lowest BCUT2D eigenvalue weighted by molar-refractivity contribution is 0.1000. The van der Waals surface area contributed by atoms with E-state index < -0.39 is 0 Å². The van der Waals surface area contributed by atoms with Crippen molar-refractivity contribution in [1.29, 1.82) is 0 Å². The lowest BCUT2D eigenvalue weighted by Crippen LogP contribution is -2.19. The van der Waals surface area contributed by atoms with Crippen LogP contribution in [0.2, 0.25) is 0 Å². The summed E-state index contributed by atoms with van der Waals surface area (Å²) in [6, 6.07) is 0. The maximum Gasteiger partial charge on any atom is 0.230 e. The Morgan fingerprint density at radius 2 is 1.94 bits per heavy atom. The molecule has 0 atom stereocenters. The van der Waals surface area contributed by atoms with Gasteiger partial charge in [-0.15, -0.1) is 0 Å². The third kappa shape index (κ3) is 3.46. The second kappa shape index (κ2) is 6.19. The monoisotopic (exact) mass is 269 g/mol. The first kappa shape index (κ1) is 13.4. The lowest BCUT2D eigenvalue weighted by Gasteiger charge is -2.21. The van der Waals surface area contributed by atoms with Gasteiger partial charge < -0.3 is 15.0 Å².